The lowest BCUT2D eigenvalue weighted by molar-refractivity contribution is 0.0688. The number of benzene rings is 2. The van der Waals surface area contributed by atoms with Crippen molar-refractivity contribution in [2.45, 2.75) is 59.7 Å². The first-order valence-corrected chi connectivity index (χ1v) is 11.3. The monoisotopic (exact) mass is 422 g/mol. The number of aryl methyl sites for hydroxylation is 1. The van der Waals surface area contributed by atoms with Gasteiger partial charge in [0.2, 0.25) is 0 Å². The van der Waals surface area contributed by atoms with Crippen LogP contribution in [-0.2, 0) is 13.2 Å². The molecule has 1 heterocycles. The predicted octanol–water partition coefficient (Wildman–Crippen LogP) is 6.20. The van der Waals surface area contributed by atoms with Crippen LogP contribution in [0.25, 0.3) is 0 Å². The molecule has 1 amide bonds. The molecule has 158 valence electrons. The molecule has 5 heteroatoms. The zero-order valence-electron chi connectivity index (χ0n) is 18.4. The summed E-state index contributed by atoms with van der Waals surface area (Å²) in [6, 6.07) is 15.9. The van der Waals surface area contributed by atoms with Gasteiger partial charge in [0.15, 0.2) is 0 Å². The van der Waals surface area contributed by atoms with E-state index in [4.69, 9.17) is 9.72 Å². The van der Waals surface area contributed by atoms with E-state index in [-0.39, 0.29) is 11.9 Å². The van der Waals surface area contributed by atoms with Crippen molar-refractivity contribution >= 4 is 17.2 Å². The second-order valence-corrected chi connectivity index (χ2v) is 9.05. The van der Waals surface area contributed by atoms with Crippen LogP contribution < -0.4 is 4.74 Å². The number of hydrogen-bond donors (Lipinski definition) is 0. The molecule has 3 aromatic rings. The van der Waals surface area contributed by atoms with E-state index in [2.05, 4.69) is 19.9 Å². The molecule has 4 nitrogen and oxygen atoms in total. The number of rotatable bonds is 8. The summed E-state index contributed by atoms with van der Waals surface area (Å²) in [5.74, 6) is 1.34. The number of ether oxygens (including phenoxy) is 1. The minimum Gasteiger partial charge on any atom is -0.486 e. The van der Waals surface area contributed by atoms with Crippen LogP contribution in [0.3, 0.4) is 0 Å². The van der Waals surface area contributed by atoms with E-state index in [1.807, 2.05) is 73.5 Å². The molecule has 0 unspecified atom stereocenters. The van der Waals surface area contributed by atoms with Crippen LogP contribution in [0.5, 0.6) is 5.75 Å². The van der Waals surface area contributed by atoms with Crippen LogP contribution in [0.15, 0.2) is 53.9 Å². The zero-order valence-corrected chi connectivity index (χ0v) is 19.2. The Bertz CT molecular complexity index is 994. The quantitative estimate of drug-likeness (QED) is 0.434. The number of carbonyl (C=O) groups is 1. The molecule has 1 aromatic heterocycles. The number of thiazole rings is 1. The van der Waals surface area contributed by atoms with E-state index in [0.717, 1.165) is 22.0 Å². The number of nitrogens with zero attached hydrogens (tertiary/aromatic N) is 2. The highest BCUT2D eigenvalue weighted by Crippen LogP contribution is 2.27. The number of aromatic nitrogens is 1. The zero-order chi connectivity index (χ0) is 21.7. The molecule has 2 aromatic carbocycles. The number of hydrogen-bond acceptors (Lipinski definition) is 4. The standard InChI is InChI=1S/C25H30N2O2S/c1-17(2)22-11-6-7-12-23(22)29-15-24-26-21(16-30-24)14-27(18(3)4)25(28)20-10-8-9-19(5)13-20/h6-13,16-18H,14-15H2,1-5H3. The average molecular weight is 423 g/mol. The minimum atomic E-state index is 0.0327. The highest BCUT2D eigenvalue weighted by Gasteiger charge is 2.20. The van der Waals surface area contributed by atoms with Crippen molar-refractivity contribution in [1.29, 1.82) is 0 Å². The SMILES string of the molecule is Cc1cccc(C(=O)N(Cc2csc(COc3ccccc3C(C)C)n2)C(C)C)c1. The van der Waals surface area contributed by atoms with Crippen molar-refractivity contribution in [3.63, 3.8) is 0 Å². The normalized spacial score (nSPS) is 11.2. The Morgan fingerprint density at radius 1 is 1.10 bits per heavy atom. The Morgan fingerprint density at radius 2 is 1.87 bits per heavy atom. The molecule has 3 rings (SSSR count). The minimum absolute atomic E-state index is 0.0327. The molecule has 0 fully saturated rings. The topological polar surface area (TPSA) is 42.4 Å². The van der Waals surface area contributed by atoms with Gasteiger partial charge in [0.05, 0.1) is 12.2 Å². The molecule has 0 saturated carbocycles. The summed E-state index contributed by atoms with van der Waals surface area (Å²) in [4.78, 5) is 19.6. The second-order valence-electron chi connectivity index (χ2n) is 8.11. The summed E-state index contributed by atoms with van der Waals surface area (Å²) < 4.78 is 6.05. The van der Waals surface area contributed by atoms with Crippen LogP contribution in [-0.4, -0.2) is 21.8 Å². The molecule has 0 aliphatic rings. The number of para-hydroxylation sites is 1. The summed E-state index contributed by atoms with van der Waals surface area (Å²) in [6.07, 6.45) is 0. The highest BCUT2D eigenvalue weighted by atomic mass is 32.1. The average Bonchev–Trinajstić information content (AvgIpc) is 3.17. The fourth-order valence-corrected chi connectivity index (χ4v) is 4.02. The van der Waals surface area contributed by atoms with Crippen molar-refractivity contribution in [3.8, 4) is 5.75 Å². The van der Waals surface area contributed by atoms with E-state index >= 15 is 0 Å². The lowest BCUT2D eigenvalue weighted by Crippen LogP contribution is -2.36. The summed E-state index contributed by atoms with van der Waals surface area (Å²) in [6.45, 7) is 11.3. The third-order valence-corrected chi connectivity index (χ3v) is 5.84. The maximum absolute atomic E-state index is 13.0. The molecule has 0 bridgehead atoms. The van der Waals surface area contributed by atoms with E-state index < -0.39 is 0 Å². The van der Waals surface area contributed by atoms with Crippen molar-refractivity contribution in [1.82, 2.24) is 9.88 Å². The summed E-state index contributed by atoms with van der Waals surface area (Å²) >= 11 is 1.57. The summed E-state index contributed by atoms with van der Waals surface area (Å²) in [5, 5.41) is 2.93. The molecule has 0 spiro atoms. The van der Waals surface area contributed by atoms with Gasteiger partial charge in [-0.15, -0.1) is 11.3 Å². The van der Waals surface area contributed by atoms with Crippen molar-refractivity contribution < 1.29 is 9.53 Å². The van der Waals surface area contributed by atoms with Gasteiger partial charge in [0, 0.05) is 17.0 Å². The molecular weight excluding hydrogens is 392 g/mol. The van der Waals surface area contributed by atoms with Crippen LogP contribution >= 0.6 is 11.3 Å². The highest BCUT2D eigenvalue weighted by molar-refractivity contribution is 7.09. The largest absolute Gasteiger partial charge is 0.486 e. The Hall–Kier alpha value is -2.66. The molecule has 0 radical (unpaired) electrons. The third-order valence-electron chi connectivity index (χ3n) is 4.97. The lowest BCUT2D eigenvalue weighted by Gasteiger charge is -2.26. The van der Waals surface area contributed by atoms with Crippen LogP contribution in [0.4, 0.5) is 0 Å². The second kappa shape index (κ2) is 9.90. The lowest BCUT2D eigenvalue weighted by atomic mass is 10.0. The molecule has 30 heavy (non-hydrogen) atoms. The van der Waals surface area contributed by atoms with Crippen molar-refractivity contribution in [2.75, 3.05) is 0 Å². The van der Waals surface area contributed by atoms with Gasteiger partial charge in [-0.25, -0.2) is 4.98 Å². The summed E-state index contributed by atoms with van der Waals surface area (Å²) in [5.41, 5.74) is 3.89. The maximum Gasteiger partial charge on any atom is 0.254 e. The van der Waals surface area contributed by atoms with E-state index in [1.165, 1.54) is 5.56 Å². The number of amides is 1. The molecule has 0 saturated heterocycles. The van der Waals surface area contributed by atoms with Gasteiger partial charge in [-0.2, -0.15) is 0 Å². The van der Waals surface area contributed by atoms with Crippen LogP contribution in [0.1, 0.15) is 65.8 Å². The van der Waals surface area contributed by atoms with Gasteiger partial charge in [0.1, 0.15) is 17.4 Å². The smallest absolute Gasteiger partial charge is 0.254 e. The van der Waals surface area contributed by atoms with E-state index in [1.54, 1.807) is 11.3 Å². The van der Waals surface area contributed by atoms with Crippen molar-refractivity contribution in [2.24, 2.45) is 0 Å². The molecular formula is C25H30N2O2S. The maximum atomic E-state index is 13.0. The first-order chi connectivity index (χ1) is 14.3. The molecule has 0 N–H and O–H groups in total. The fourth-order valence-electron chi connectivity index (χ4n) is 3.32. The first-order valence-electron chi connectivity index (χ1n) is 10.4. The third kappa shape index (κ3) is 5.48. The van der Waals surface area contributed by atoms with E-state index in [9.17, 15) is 4.79 Å². The van der Waals surface area contributed by atoms with Crippen molar-refractivity contribution in [3.05, 3.63) is 81.3 Å². The van der Waals surface area contributed by atoms with Gasteiger partial charge < -0.3 is 9.64 Å². The van der Waals surface area contributed by atoms with E-state index in [0.29, 0.717) is 24.6 Å². The van der Waals surface area contributed by atoms with Gasteiger partial charge in [-0.05, 0) is 50.5 Å². The Morgan fingerprint density at radius 3 is 2.57 bits per heavy atom. The molecule has 0 atom stereocenters. The first kappa shape index (κ1) is 22.0. The van der Waals surface area contributed by atoms with Gasteiger partial charge in [-0.3, -0.25) is 4.79 Å². The van der Waals surface area contributed by atoms with Gasteiger partial charge in [-0.1, -0.05) is 49.7 Å². The van der Waals surface area contributed by atoms with Crippen LogP contribution in [0.2, 0.25) is 0 Å². The van der Waals surface area contributed by atoms with Gasteiger partial charge >= 0.3 is 0 Å². The summed E-state index contributed by atoms with van der Waals surface area (Å²) in [7, 11) is 0. The Labute approximate surface area is 183 Å². The van der Waals surface area contributed by atoms with Crippen LogP contribution in [0, 0.1) is 6.92 Å². The fraction of sp³-hybridized carbons (Fsp3) is 0.360. The predicted molar refractivity (Wildman–Crippen MR) is 123 cm³/mol. The number of carbonyl (C=O) groups excluding carboxylic acids is 1. The van der Waals surface area contributed by atoms with Gasteiger partial charge in [0.25, 0.3) is 5.91 Å². The Balaban J connectivity index is 1.68. The molecule has 0 aliphatic carbocycles. The Kier molecular flexibility index (Phi) is 7.27. The molecule has 0 aliphatic heterocycles.